The van der Waals surface area contributed by atoms with Crippen LogP contribution in [0.3, 0.4) is 0 Å². The third-order valence-electron chi connectivity index (χ3n) is 2.38. The lowest BCUT2D eigenvalue weighted by molar-refractivity contribution is 0.0292. The molecule has 0 unspecified atom stereocenters. The fourth-order valence-corrected chi connectivity index (χ4v) is 1.90. The van der Waals surface area contributed by atoms with Gasteiger partial charge in [0.15, 0.2) is 0 Å². The molecule has 1 saturated heterocycles. The van der Waals surface area contributed by atoms with Crippen LogP contribution in [0.2, 0.25) is 0 Å². The van der Waals surface area contributed by atoms with Gasteiger partial charge < -0.3 is 10.1 Å². The summed E-state index contributed by atoms with van der Waals surface area (Å²) in [4.78, 5) is 0. The van der Waals surface area contributed by atoms with Gasteiger partial charge in [-0.05, 0) is 24.1 Å². The van der Waals surface area contributed by atoms with E-state index in [1.807, 2.05) is 0 Å². The van der Waals surface area contributed by atoms with Crippen molar-refractivity contribution in [3.8, 4) is 0 Å². The molecule has 0 bridgehead atoms. The number of rotatable bonds is 2. The second-order valence-electron chi connectivity index (χ2n) is 3.53. The molecule has 1 fully saturated rings. The molecule has 14 heavy (non-hydrogen) atoms. The number of ether oxygens (including phenoxy) is 1. The zero-order chi connectivity index (χ0) is 9.80. The molecule has 2 nitrogen and oxygen atoms in total. The summed E-state index contributed by atoms with van der Waals surface area (Å²) in [5, 5.41) is 3.33. The molecule has 3 heteroatoms. The highest BCUT2D eigenvalue weighted by Gasteiger charge is 2.13. The Morgan fingerprint density at radius 3 is 2.79 bits per heavy atom. The minimum absolute atomic E-state index is 0.338. The second-order valence-corrected chi connectivity index (χ2v) is 4.44. The van der Waals surface area contributed by atoms with E-state index >= 15 is 0 Å². The highest BCUT2D eigenvalue weighted by molar-refractivity contribution is 9.10. The Balaban J connectivity index is 1.92. The zero-order valence-electron chi connectivity index (χ0n) is 8.00. The van der Waals surface area contributed by atoms with E-state index in [9.17, 15) is 0 Å². The van der Waals surface area contributed by atoms with Gasteiger partial charge in [-0.15, -0.1) is 0 Å². The Hall–Kier alpha value is -0.380. The van der Waals surface area contributed by atoms with Gasteiger partial charge in [-0.25, -0.2) is 0 Å². The molecular weight excluding hydrogens is 242 g/mol. The Kier molecular flexibility index (Phi) is 3.56. The highest BCUT2D eigenvalue weighted by Crippen LogP contribution is 2.13. The predicted octanol–water partition coefficient (Wildman–Crippen LogP) is 1.98. The average Bonchev–Trinajstić information content (AvgIpc) is 2.23. The molecular formula is C11H14BrNO. The minimum atomic E-state index is 0.338. The second kappa shape index (κ2) is 4.91. The van der Waals surface area contributed by atoms with E-state index in [-0.39, 0.29) is 0 Å². The summed E-state index contributed by atoms with van der Waals surface area (Å²) >= 11 is 3.43. The molecule has 1 aromatic rings. The molecule has 0 aromatic heterocycles. The van der Waals surface area contributed by atoms with Crippen molar-refractivity contribution in [1.82, 2.24) is 5.32 Å². The van der Waals surface area contributed by atoms with Gasteiger partial charge in [0.1, 0.15) is 0 Å². The van der Waals surface area contributed by atoms with Crippen molar-refractivity contribution in [3.63, 3.8) is 0 Å². The molecule has 1 aromatic carbocycles. The number of hydrogen-bond acceptors (Lipinski definition) is 2. The van der Waals surface area contributed by atoms with Crippen molar-refractivity contribution in [2.24, 2.45) is 0 Å². The van der Waals surface area contributed by atoms with Crippen LogP contribution in [0.25, 0.3) is 0 Å². The van der Waals surface area contributed by atoms with Crippen LogP contribution in [0, 0.1) is 0 Å². The summed E-state index contributed by atoms with van der Waals surface area (Å²) in [7, 11) is 0. The fourth-order valence-electron chi connectivity index (χ4n) is 1.63. The number of nitrogens with one attached hydrogen (secondary N) is 1. The molecule has 0 saturated carbocycles. The number of hydrogen-bond donors (Lipinski definition) is 1. The van der Waals surface area contributed by atoms with E-state index in [0.29, 0.717) is 6.10 Å². The van der Waals surface area contributed by atoms with E-state index in [1.54, 1.807) is 0 Å². The van der Waals surface area contributed by atoms with Crippen molar-refractivity contribution in [3.05, 3.63) is 34.3 Å². The summed E-state index contributed by atoms with van der Waals surface area (Å²) in [5.41, 5.74) is 1.34. The average molecular weight is 256 g/mol. The molecule has 1 heterocycles. The smallest absolute Gasteiger partial charge is 0.0740 e. The lowest BCUT2D eigenvalue weighted by Gasteiger charge is -2.23. The van der Waals surface area contributed by atoms with E-state index < -0.39 is 0 Å². The van der Waals surface area contributed by atoms with Gasteiger partial charge in [0.05, 0.1) is 12.7 Å². The lowest BCUT2D eigenvalue weighted by atomic mass is 10.1. The normalized spacial score (nSPS) is 22.2. The predicted molar refractivity (Wildman–Crippen MR) is 60.5 cm³/mol. The maximum atomic E-state index is 5.64. The van der Waals surface area contributed by atoms with E-state index in [4.69, 9.17) is 4.74 Å². The summed E-state index contributed by atoms with van der Waals surface area (Å²) in [6.45, 7) is 2.79. The van der Waals surface area contributed by atoms with E-state index in [2.05, 4.69) is 45.5 Å². The van der Waals surface area contributed by atoms with Gasteiger partial charge in [-0.2, -0.15) is 0 Å². The molecule has 76 valence electrons. The maximum Gasteiger partial charge on any atom is 0.0740 e. The van der Waals surface area contributed by atoms with Crippen LogP contribution in [0.4, 0.5) is 0 Å². The molecule has 1 N–H and O–H groups in total. The van der Waals surface area contributed by atoms with Crippen LogP contribution in [0.5, 0.6) is 0 Å². The van der Waals surface area contributed by atoms with Crippen LogP contribution in [-0.4, -0.2) is 25.8 Å². The number of benzene rings is 1. The summed E-state index contributed by atoms with van der Waals surface area (Å²) in [5.74, 6) is 0. The Bertz CT molecular complexity index is 280. The van der Waals surface area contributed by atoms with Crippen molar-refractivity contribution in [1.29, 1.82) is 0 Å². The molecule has 0 aliphatic carbocycles. The van der Waals surface area contributed by atoms with Gasteiger partial charge in [-0.3, -0.25) is 0 Å². The largest absolute Gasteiger partial charge is 0.375 e. The topological polar surface area (TPSA) is 21.3 Å². The first-order valence-electron chi connectivity index (χ1n) is 4.91. The Labute approximate surface area is 92.8 Å². The van der Waals surface area contributed by atoms with Crippen molar-refractivity contribution < 1.29 is 4.74 Å². The van der Waals surface area contributed by atoms with Crippen LogP contribution < -0.4 is 5.32 Å². The molecule has 1 atom stereocenters. The van der Waals surface area contributed by atoms with Gasteiger partial charge in [0, 0.05) is 17.6 Å². The first kappa shape index (κ1) is 10.1. The standard InChI is InChI=1S/C11H14BrNO/c12-10-3-1-9(2-4-10)7-11-8-13-5-6-14-11/h1-4,11,13H,5-8H2/t11-/m1/s1. The molecule has 0 amide bonds. The van der Waals surface area contributed by atoms with E-state index in [0.717, 1.165) is 30.6 Å². The lowest BCUT2D eigenvalue weighted by Crippen LogP contribution is -2.39. The summed E-state index contributed by atoms with van der Waals surface area (Å²) < 4.78 is 6.77. The monoisotopic (exact) mass is 255 g/mol. The minimum Gasteiger partial charge on any atom is -0.375 e. The van der Waals surface area contributed by atoms with Crippen LogP contribution in [0.1, 0.15) is 5.56 Å². The van der Waals surface area contributed by atoms with Crippen LogP contribution in [0.15, 0.2) is 28.7 Å². The fraction of sp³-hybridized carbons (Fsp3) is 0.455. The number of halogens is 1. The van der Waals surface area contributed by atoms with Crippen LogP contribution >= 0.6 is 15.9 Å². The van der Waals surface area contributed by atoms with Gasteiger partial charge >= 0.3 is 0 Å². The van der Waals surface area contributed by atoms with Crippen LogP contribution in [-0.2, 0) is 11.2 Å². The van der Waals surface area contributed by atoms with Gasteiger partial charge in [-0.1, -0.05) is 28.1 Å². The van der Waals surface area contributed by atoms with Crippen molar-refractivity contribution >= 4 is 15.9 Å². The molecule has 2 rings (SSSR count). The SMILES string of the molecule is Brc1ccc(C[C@@H]2CNCCO2)cc1. The first-order valence-corrected chi connectivity index (χ1v) is 5.70. The highest BCUT2D eigenvalue weighted by atomic mass is 79.9. The Morgan fingerprint density at radius 1 is 1.36 bits per heavy atom. The quantitative estimate of drug-likeness (QED) is 0.873. The molecule has 1 aliphatic rings. The maximum absolute atomic E-state index is 5.64. The first-order chi connectivity index (χ1) is 6.84. The molecule has 1 aliphatic heterocycles. The molecule has 0 radical (unpaired) electrons. The molecule has 0 spiro atoms. The van der Waals surface area contributed by atoms with E-state index in [1.165, 1.54) is 5.56 Å². The third kappa shape index (κ3) is 2.80. The van der Waals surface area contributed by atoms with Crippen molar-refractivity contribution in [2.45, 2.75) is 12.5 Å². The van der Waals surface area contributed by atoms with Gasteiger partial charge in [0.2, 0.25) is 0 Å². The Morgan fingerprint density at radius 2 is 2.14 bits per heavy atom. The number of morpholine rings is 1. The van der Waals surface area contributed by atoms with Gasteiger partial charge in [0.25, 0.3) is 0 Å². The summed E-state index contributed by atoms with van der Waals surface area (Å²) in [6, 6.07) is 8.43. The zero-order valence-corrected chi connectivity index (χ0v) is 9.59. The summed E-state index contributed by atoms with van der Waals surface area (Å²) in [6.07, 6.45) is 1.34. The third-order valence-corrected chi connectivity index (χ3v) is 2.91. The van der Waals surface area contributed by atoms with Crippen molar-refractivity contribution in [2.75, 3.05) is 19.7 Å².